The molecule has 0 saturated carbocycles. The Hall–Kier alpha value is -1.79. The zero-order valence-electron chi connectivity index (χ0n) is 11.9. The van der Waals surface area contributed by atoms with Gasteiger partial charge in [-0.3, -0.25) is 9.69 Å². The molecule has 0 spiro atoms. The van der Waals surface area contributed by atoms with Crippen molar-refractivity contribution in [2.24, 2.45) is 0 Å². The molecule has 0 saturated heterocycles. The fourth-order valence-electron chi connectivity index (χ4n) is 1.98. The van der Waals surface area contributed by atoms with Crippen molar-refractivity contribution >= 4 is 27.5 Å². The Morgan fingerprint density at radius 1 is 1.18 bits per heavy atom. The van der Waals surface area contributed by atoms with E-state index in [-0.39, 0.29) is 18.1 Å². The third kappa shape index (κ3) is 4.89. The number of nitrogens with zero attached hydrogens (tertiary/aromatic N) is 1. The van der Waals surface area contributed by atoms with Crippen LogP contribution in [0.2, 0.25) is 0 Å². The Morgan fingerprint density at radius 2 is 1.86 bits per heavy atom. The fourth-order valence-corrected chi connectivity index (χ4v) is 2.25. The van der Waals surface area contributed by atoms with Crippen LogP contribution in [-0.4, -0.2) is 24.4 Å². The molecule has 0 bridgehead atoms. The number of carbonyl (C=O) groups is 1. The van der Waals surface area contributed by atoms with Crippen LogP contribution in [-0.2, 0) is 11.3 Å². The maximum Gasteiger partial charge on any atom is 0.238 e. The van der Waals surface area contributed by atoms with E-state index >= 15 is 0 Å². The average molecular weight is 369 g/mol. The number of anilines is 1. The molecule has 0 heterocycles. The molecule has 0 radical (unpaired) electrons. The quantitative estimate of drug-likeness (QED) is 0.870. The van der Waals surface area contributed by atoms with E-state index in [1.807, 2.05) is 24.3 Å². The topological polar surface area (TPSA) is 32.3 Å². The van der Waals surface area contributed by atoms with Gasteiger partial charge in [-0.2, -0.15) is 0 Å². The minimum Gasteiger partial charge on any atom is -0.322 e. The van der Waals surface area contributed by atoms with Gasteiger partial charge < -0.3 is 5.32 Å². The van der Waals surface area contributed by atoms with Gasteiger partial charge in [0.05, 0.1) is 12.2 Å². The van der Waals surface area contributed by atoms with Crippen molar-refractivity contribution in [3.8, 4) is 0 Å². The second-order valence-corrected chi connectivity index (χ2v) is 5.89. The van der Waals surface area contributed by atoms with Gasteiger partial charge in [0, 0.05) is 17.1 Å². The maximum absolute atomic E-state index is 13.5. The summed E-state index contributed by atoms with van der Waals surface area (Å²) >= 11 is 3.36. The Balaban J connectivity index is 1.89. The van der Waals surface area contributed by atoms with Crippen molar-refractivity contribution in [2.75, 3.05) is 18.9 Å². The van der Waals surface area contributed by atoms with Crippen molar-refractivity contribution < 1.29 is 13.6 Å². The van der Waals surface area contributed by atoms with Crippen molar-refractivity contribution in [1.82, 2.24) is 4.90 Å². The second kappa shape index (κ2) is 7.47. The summed E-state index contributed by atoms with van der Waals surface area (Å²) in [6.07, 6.45) is 0. The Morgan fingerprint density at radius 3 is 2.50 bits per heavy atom. The molecule has 22 heavy (non-hydrogen) atoms. The predicted octanol–water partition coefficient (Wildman–Crippen LogP) is 3.80. The summed E-state index contributed by atoms with van der Waals surface area (Å²) in [5.74, 6) is -1.82. The number of halogens is 3. The van der Waals surface area contributed by atoms with E-state index in [0.29, 0.717) is 6.54 Å². The number of hydrogen-bond donors (Lipinski definition) is 1. The first-order valence-electron chi connectivity index (χ1n) is 6.62. The molecule has 1 amide bonds. The zero-order valence-corrected chi connectivity index (χ0v) is 13.5. The van der Waals surface area contributed by atoms with Gasteiger partial charge in [-0.05, 0) is 36.9 Å². The van der Waals surface area contributed by atoms with Gasteiger partial charge in [-0.1, -0.05) is 28.1 Å². The van der Waals surface area contributed by atoms with Gasteiger partial charge in [-0.15, -0.1) is 0 Å². The van der Waals surface area contributed by atoms with E-state index < -0.39 is 11.6 Å². The molecular formula is C16H15BrF2N2O. The van der Waals surface area contributed by atoms with Crippen LogP contribution in [0.5, 0.6) is 0 Å². The molecule has 2 aromatic carbocycles. The van der Waals surface area contributed by atoms with Crippen LogP contribution in [0.15, 0.2) is 46.9 Å². The standard InChI is InChI=1S/C16H15BrF2N2O/c1-21(9-11-2-4-12(17)5-3-11)10-16(22)20-15-7-6-13(18)8-14(15)19/h2-8H,9-10H2,1H3,(H,20,22). The molecule has 116 valence electrons. The molecule has 2 rings (SSSR count). The van der Waals surface area contributed by atoms with E-state index in [2.05, 4.69) is 21.2 Å². The highest BCUT2D eigenvalue weighted by Gasteiger charge is 2.10. The molecule has 0 aliphatic rings. The molecule has 0 atom stereocenters. The first kappa shape index (κ1) is 16.6. The van der Waals surface area contributed by atoms with Gasteiger partial charge in [0.1, 0.15) is 11.6 Å². The lowest BCUT2D eigenvalue weighted by molar-refractivity contribution is -0.117. The third-order valence-electron chi connectivity index (χ3n) is 2.98. The van der Waals surface area contributed by atoms with Crippen LogP contribution in [0.1, 0.15) is 5.56 Å². The number of hydrogen-bond acceptors (Lipinski definition) is 2. The van der Waals surface area contributed by atoms with Crippen LogP contribution in [0, 0.1) is 11.6 Å². The second-order valence-electron chi connectivity index (χ2n) is 4.97. The highest BCUT2D eigenvalue weighted by atomic mass is 79.9. The van der Waals surface area contributed by atoms with E-state index in [4.69, 9.17) is 0 Å². The predicted molar refractivity (Wildman–Crippen MR) is 85.5 cm³/mol. The molecule has 0 fully saturated rings. The summed E-state index contributed by atoms with van der Waals surface area (Å²) in [7, 11) is 1.79. The molecule has 6 heteroatoms. The number of carbonyl (C=O) groups excluding carboxylic acids is 1. The van der Waals surface area contributed by atoms with E-state index in [9.17, 15) is 13.6 Å². The van der Waals surface area contributed by atoms with Crippen molar-refractivity contribution in [2.45, 2.75) is 6.54 Å². The molecule has 0 aromatic heterocycles. The highest BCUT2D eigenvalue weighted by molar-refractivity contribution is 9.10. The van der Waals surface area contributed by atoms with Gasteiger partial charge in [-0.25, -0.2) is 8.78 Å². The molecule has 0 unspecified atom stereocenters. The van der Waals surface area contributed by atoms with Crippen LogP contribution in [0.3, 0.4) is 0 Å². The summed E-state index contributed by atoms with van der Waals surface area (Å²) in [4.78, 5) is 13.7. The van der Waals surface area contributed by atoms with E-state index in [0.717, 1.165) is 22.2 Å². The molecule has 0 aliphatic heterocycles. The fraction of sp³-hybridized carbons (Fsp3) is 0.188. The summed E-state index contributed by atoms with van der Waals surface area (Å²) in [5, 5.41) is 2.43. The van der Waals surface area contributed by atoms with Crippen molar-refractivity contribution in [1.29, 1.82) is 0 Å². The lowest BCUT2D eigenvalue weighted by atomic mass is 10.2. The maximum atomic E-state index is 13.5. The van der Waals surface area contributed by atoms with E-state index in [1.165, 1.54) is 6.07 Å². The molecule has 2 aromatic rings. The van der Waals surface area contributed by atoms with Crippen LogP contribution >= 0.6 is 15.9 Å². The summed E-state index contributed by atoms with van der Waals surface area (Å²) in [6.45, 7) is 0.694. The van der Waals surface area contributed by atoms with Gasteiger partial charge in [0.25, 0.3) is 0 Å². The van der Waals surface area contributed by atoms with Gasteiger partial charge >= 0.3 is 0 Å². The number of amides is 1. The first-order chi connectivity index (χ1) is 10.4. The summed E-state index contributed by atoms with van der Waals surface area (Å²) in [5.41, 5.74) is 1.04. The van der Waals surface area contributed by atoms with E-state index in [1.54, 1.807) is 11.9 Å². The number of benzene rings is 2. The number of nitrogens with one attached hydrogen (secondary N) is 1. The normalized spacial score (nSPS) is 10.8. The Labute approximate surface area is 136 Å². The molecular weight excluding hydrogens is 354 g/mol. The van der Waals surface area contributed by atoms with Gasteiger partial charge in [0.2, 0.25) is 5.91 Å². The third-order valence-corrected chi connectivity index (χ3v) is 3.51. The van der Waals surface area contributed by atoms with Crippen LogP contribution < -0.4 is 5.32 Å². The highest BCUT2D eigenvalue weighted by Crippen LogP contribution is 2.15. The Bertz CT molecular complexity index is 662. The molecule has 1 N–H and O–H groups in total. The number of rotatable bonds is 5. The lowest BCUT2D eigenvalue weighted by Gasteiger charge is -2.16. The number of likely N-dealkylation sites (N-methyl/N-ethyl adjacent to an activating group) is 1. The monoisotopic (exact) mass is 368 g/mol. The van der Waals surface area contributed by atoms with Gasteiger partial charge in [0.15, 0.2) is 0 Å². The van der Waals surface area contributed by atoms with Crippen molar-refractivity contribution in [3.63, 3.8) is 0 Å². The lowest BCUT2D eigenvalue weighted by Crippen LogP contribution is -2.30. The zero-order chi connectivity index (χ0) is 16.1. The van der Waals surface area contributed by atoms with Crippen LogP contribution in [0.4, 0.5) is 14.5 Å². The SMILES string of the molecule is CN(CC(=O)Nc1ccc(F)cc1F)Cc1ccc(Br)cc1. The molecule has 0 aliphatic carbocycles. The molecule has 3 nitrogen and oxygen atoms in total. The summed E-state index contributed by atoms with van der Waals surface area (Å²) < 4.78 is 27.3. The minimum atomic E-state index is -0.788. The smallest absolute Gasteiger partial charge is 0.238 e. The van der Waals surface area contributed by atoms with Crippen LogP contribution in [0.25, 0.3) is 0 Å². The average Bonchev–Trinajstić information content (AvgIpc) is 2.44. The first-order valence-corrected chi connectivity index (χ1v) is 7.41. The summed E-state index contributed by atoms with van der Waals surface area (Å²) in [6, 6.07) is 10.8. The largest absolute Gasteiger partial charge is 0.322 e. The minimum absolute atomic E-state index is 0.0246. The van der Waals surface area contributed by atoms with Crippen molar-refractivity contribution in [3.05, 3.63) is 64.1 Å². The Kier molecular flexibility index (Phi) is 5.63.